The van der Waals surface area contributed by atoms with Crippen LogP contribution >= 0.6 is 23.4 Å². The number of rotatable bonds is 4. The Hall–Kier alpha value is -1.54. The van der Waals surface area contributed by atoms with Crippen LogP contribution in [0.1, 0.15) is 17.5 Å². The molecule has 1 heterocycles. The minimum absolute atomic E-state index is 0.00317. The molecule has 1 N–H and O–H groups in total. The highest BCUT2D eigenvalue weighted by Crippen LogP contribution is 2.27. The third-order valence-electron chi connectivity index (χ3n) is 2.53. The van der Waals surface area contributed by atoms with Crippen LogP contribution in [-0.4, -0.2) is 16.7 Å². The summed E-state index contributed by atoms with van der Waals surface area (Å²) in [6, 6.07) is 8.22. The molecular formula is C16H13ClFNOS. The lowest BCUT2D eigenvalue weighted by atomic mass is 10.1. The summed E-state index contributed by atoms with van der Waals surface area (Å²) in [5.41, 5.74) is 1.42. The van der Waals surface area contributed by atoms with Gasteiger partial charge in [-0.15, -0.1) is 11.8 Å². The zero-order valence-corrected chi connectivity index (χ0v) is 12.7. The molecule has 108 valence electrons. The second-order valence-corrected chi connectivity index (χ2v) is 5.57. The van der Waals surface area contributed by atoms with Gasteiger partial charge in [0, 0.05) is 23.9 Å². The average molecular weight is 322 g/mol. The van der Waals surface area contributed by atoms with Crippen molar-refractivity contribution in [3.63, 3.8) is 0 Å². The maximum atomic E-state index is 13.6. The number of halogens is 2. The van der Waals surface area contributed by atoms with Gasteiger partial charge in [-0.3, -0.25) is 0 Å². The molecule has 2 nitrogen and oxygen atoms in total. The van der Waals surface area contributed by atoms with E-state index < -0.39 is 0 Å². The standard InChI is InChI=1S/C16H13ClFNOS/c17-15-5-3-6-19-16(15)21-11-13-8-12(4-1-2-7-20)9-14(18)10-13/h3,5-6,8-10,20H,2,7,11H2. The van der Waals surface area contributed by atoms with Crippen molar-refractivity contribution in [3.8, 4) is 11.8 Å². The normalized spacial score (nSPS) is 10.0. The third-order valence-corrected chi connectivity index (χ3v) is 4.02. The Morgan fingerprint density at radius 3 is 2.95 bits per heavy atom. The smallest absolute Gasteiger partial charge is 0.124 e. The monoisotopic (exact) mass is 321 g/mol. The van der Waals surface area contributed by atoms with Crippen LogP contribution in [0, 0.1) is 17.7 Å². The molecule has 0 amide bonds. The largest absolute Gasteiger partial charge is 0.395 e. The van der Waals surface area contributed by atoms with E-state index in [2.05, 4.69) is 16.8 Å². The van der Waals surface area contributed by atoms with E-state index in [1.807, 2.05) is 6.07 Å². The number of nitrogens with zero attached hydrogens (tertiary/aromatic N) is 1. The van der Waals surface area contributed by atoms with Crippen LogP contribution in [0.15, 0.2) is 41.6 Å². The fourth-order valence-electron chi connectivity index (χ4n) is 1.66. The number of aliphatic hydroxyl groups is 1. The fraction of sp³-hybridized carbons (Fsp3) is 0.188. The molecule has 0 aliphatic heterocycles. The molecule has 0 atom stereocenters. The second kappa shape index (κ2) is 8.04. The lowest BCUT2D eigenvalue weighted by molar-refractivity contribution is 0.305. The van der Waals surface area contributed by atoms with Gasteiger partial charge in [0.05, 0.1) is 11.6 Å². The lowest BCUT2D eigenvalue weighted by Crippen LogP contribution is -1.88. The number of pyridine rings is 1. The molecule has 0 unspecified atom stereocenters. The van der Waals surface area contributed by atoms with Crippen LogP contribution in [-0.2, 0) is 5.75 Å². The van der Waals surface area contributed by atoms with Crippen LogP contribution in [0.5, 0.6) is 0 Å². The molecule has 0 saturated heterocycles. The number of hydrogen-bond acceptors (Lipinski definition) is 3. The zero-order chi connectivity index (χ0) is 15.1. The van der Waals surface area contributed by atoms with Crippen molar-refractivity contribution in [2.45, 2.75) is 17.2 Å². The molecular weight excluding hydrogens is 309 g/mol. The fourth-order valence-corrected chi connectivity index (χ4v) is 2.75. The zero-order valence-electron chi connectivity index (χ0n) is 11.1. The van der Waals surface area contributed by atoms with Crippen LogP contribution in [0.4, 0.5) is 4.39 Å². The van der Waals surface area contributed by atoms with Gasteiger partial charge in [0.2, 0.25) is 0 Å². The van der Waals surface area contributed by atoms with Crippen LogP contribution < -0.4 is 0 Å². The van der Waals surface area contributed by atoms with Gasteiger partial charge >= 0.3 is 0 Å². The van der Waals surface area contributed by atoms with Gasteiger partial charge < -0.3 is 5.11 Å². The Morgan fingerprint density at radius 1 is 1.33 bits per heavy atom. The van der Waals surface area contributed by atoms with Crippen molar-refractivity contribution < 1.29 is 9.50 Å². The molecule has 0 fully saturated rings. The summed E-state index contributed by atoms with van der Waals surface area (Å²) in [6.45, 7) is 0.00317. The minimum Gasteiger partial charge on any atom is -0.395 e. The average Bonchev–Trinajstić information content (AvgIpc) is 2.46. The van der Waals surface area contributed by atoms with Crippen molar-refractivity contribution in [1.29, 1.82) is 0 Å². The molecule has 0 aliphatic carbocycles. The van der Waals surface area contributed by atoms with E-state index in [9.17, 15) is 4.39 Å². The van der Waals surface area contributed by atoms with Crippen LogP contribution in [0.25, 0.3) is 0 Å². The highest BCUT2D eigenvalue weighted by atomic mass is 35.5. The second-order valence-electron chi connectivity index (χ2n) is 4.20. The summed E-state index contributed by atoms with van der Waals surface area (Å²) in [4.78, 5) is 4.18. The van der Waals surface area contributed by atoms with Gasteiger partial charge in [-0.05, 0) is 35.9 Å². The summed E-state index contributed by atoms with van der Waals surface area (Å²) in [7, 11) is 0. The molecule has 1 aromatic carbocycles. The first-order chi connectivity index (χ1) is 10.2. The van der Waals surface area contributed by atoms with Gasteiger partial charge in [-0.2, -0.15) is 0 Å². The van der Waals surface area contributed by atoms with E-state index in [1.54, 1.807) is 18.3 Å². The van der Waals surface area contributed by atoms with Gasteiger partial charge in [0.1, 0.15) is 10.8 Å². The lowest BCUT2D eigenvalue weighted by Gasteiger charge is -2.04. The van der Waals surface area contributed by atoms with Gasteiger partial charge in [-0.1, -0.05) is 23.4 Å². The Morgan fingerprint density at radius 2 is 2.19 bits per heavy atom. The maximum Gasteiger partial charge on any atom is 0.124 e. The summed E-state index contributed by atoms with van der Waals surface area (Å²) < 4.78 is 13.6. The Labute approximate surface area is 132 Å². The molecule has 1 aromatic heterocycles. The van der Waals surface area contributed by atoms with Crippen LogP contribution in [0.2, 0.25) is 5.02 Å². The van der Waals surface area contributed by atoms with E-state index in [0.29, 0.717) is 22.8 Å². The number of hydrogen-bond donors (Lipinski definition) is 1. The number of aromatic nitrogens is 1. The summed E-state index contributed by atoms with van der Waals surface area (Å²) in [6.07, 6.45) is 2.05. The van der Waals surface area contributed by atoms with Crippen molar-refractivity contribution >= 4 is 23.4 Å². The maximum absolute atomic E-state index is 13.6. The molecule has 0 bridgehead atoms. The number of thioether (sulfide) groups is 1. The third kappa shape index (κ3) is 5.05. The SMILES string of the molecule is OCCC#Cc1cc(F)cc(CSc2ncccc2Cl)c1. The molecule has 0 saturated carbocycles. The van der Waals surface area contributed by atoms with Gasteiger partial charge in [-0.25, -0.2) is 9.37 Å². The first kappa shape index (κ1) is 15.8. The van der Waals surface area contributed by atoms with Gasteiger partial charge in [0.25, 0.3) is 0 Å². The van der Waals surface area contributed by atoms with Crippen molar-refractivity contribution in [2.75, 3.05) is 6.61 Å². The Kier molecular flexibility index (Phi) is 6.06. The summed E-state index contributed by atoms with van der Waals surface area (Å²) in [5.74, 6) is 5.85. The van der Waals surface area contributed by atoms with Crippen molar-refractivity contribution in [2.24, 2.45) is 0 Å². The van der Waals surface area contributed by atoms with Crippen LogP contribution in [0.3, 0.4) is 0 Å². The van der Waals surface area contributed by atoms with E-state index in [0.717, 1.165) is 10.6 Å². The molecule has 2 rings (SSSR count). The minimum atomic E-state index is -0.325. The van der Waals surface area contributed by atoms with E-state index in [1.165, 1.54) is 23.9 Å². The first-order valence-electron chi connectivity index (χ1n) is 6.31. The number of aliphatic hydroxyl groups excluding tert-OH is 1. The topological polar surface area (TPSA) is 33.1 Å². The van der Waals surface area contributed by atoms with Gasteiger partial charge in [0.15, 0.2) is 0 Å². The summed E-state index contributed by atoms with van der Waals surface area (Å²) in [5, 5.41) is 9.99. The highest BCUT2D eigenvalue weighted by molar-refractivity contribution is 7.98. The van der Waals surface area contributed by atoms with E-state index >= 15 is 0 Å². The first-order valence-corrected chi connectivity index (χ1v) is 7.68. The molecule has 0 spiro atoms. The highest BCUT2D eigenvalue weighted by Gasteiger charge is 2.04. The molecule has 5 heteroatoms. The van der Waals surface area contributed by atoms with Crippen molar-refractivity contribution in [3.05, 3.63) is 58.5 Å². The predicted molar refractivity (Wildman–Crippen MR) is 83.8 cm³/mol. The van der Waals surface area contributed by atoms with E-state index in [-0.39, 0.29) is 12.4 Å². The molecule has 21 heavy (non-hydrogen) atoms. The predicted octanol–water partition coefficient (Wildman–Crippen LogP) is 3.90. The van der Waals surface area contributed by atoms with Crippen molar-refractivity contribution in [1.82, 2.24) is 4.98 Å². The Balaban J connectivity index is 2.10. The van der Waals surface area contributed by atoms with E-state index in [4.69, 9.17) is 16.7 Å². The quantitative estimate of drug-likeness (QED) is 0.685. The molecule has 0 radical (unpaired) electrons. The molecule has 0 aliphatic rings. The Bertz CT molecular complexity index is 681. The number of benzene rings is 1. The molecule has 2 aromatic rings. The summed E-state index contributed by atoms with van der Waals surface area (Å²) >= 11 is 7.48.